The first-order chi connectivity index (χ1) is 16.9. The Morgan fingerprint density at radius 3 is 2.43 bits per heavy atom. The number of halogens is 1. The van der Waals surface area contributed by atoms with Gasteiger partial charge in [0, 0.05) is 74.2 Å². The van der Waals surface area contributed by atoms with Crippen molar-refractivity contribution in [1.29, 1.82) is 0 Å². The molecule has 35 heavy (non-hydrogen) atoms. The summed E-state index contributed by atoms with van der Waals surface area (Å²) in [6, 6.07) is 8.66. The summed E-state index contributed by atoms with van der Waals surface area (Å²) >= 11 is 6.17. The number of piperazine rings is 2. The van der Waals surface area contributed by atoms with Crippen LogP contribution in [0.2, 0.25) is 5.02 Å². The number of benzene rings is 1. The van der Waals surface area contributed by atoms with Gasteiger partial charge in [-0.2, -0.15) is 0 Å². The molecule has 5 rings (SSSR count). The Kier molecular flexibility index (Phi) is 7.28. The highest BCUT2D eigenvalue weighted by Crippen LogP contribution is 2.37. The first kappa shape index (κ1) is 24.5. The number of nitrogens with zero attached hydrogens (tertiary/aromatic N) is 5. The van der Waals surface area contributed by atoms with Crippen LogP contribution in [0.5, 0.6) is 0 Å². The molecule has 0 bridgehead atoms. The fraction of sp³-hybridized carbons (Fsp3) is 0.593. The summed E-state index contributed by atoms with van der Waals surface area (Å²) in [5, 5.41) is 4.29. The molecule has 0 unspecified atom stereocenters. The normalized spacial score (nSPS) is 26.0. The van der Waals surface area contributed by atoms with Crippen LogP contribution >= 0.6 is 11.6 Å². The van der Waals surface area contributed by atoms with Gasteiger partial charge < -0.3 is 15.1 Å². The number of anilines is 1. The number of fused-ring (bicyclic) bond motifs is 1. The third-order valence-electron chi connectivity index (χ3n) is 7.79. The van der Waals surface area contributed by atoms with Gasteiger partial charge in [0.2, 0.25) is 5.91 Å². The Balaban J connectivity index is 1.30. The number of aryl methyl sites for hydroxylation is 1. The summed E-state index contributed by atoms with van der Waals surface area (Å²) in [4.78, 5) is 29.9. The SMILES string of the molecule is C[C@@H]1CN(C[C@@H](C(=O)N2CCN(c3ncnc4c3[C@H](C)CC4)CC2)c2ccc(Cl)cc2)C[C@H](C)N1. The van der Waals surface area contributed by atoms with Crippen LogP contribution in [0.1, 0.15) is 55.8 Å². The first-order valence-corrected chi connectivity index (χ1v) is 13.4. The minimum Gasteiger partial charge on any atom is -0.353 e. The van der Waals surface area contributed by atoms with Gasteiger partial charge in [0.05, 0.1) is 5.92 Å². The van der Waals surface area contributed by atoms with E-state index in [9.17, 15) is 4.79 Å². The van der Waals surface area contributed by atoms with Crippen molar-refractivity contribution in [2.24, 2.45) is 0 Å². The summed E-state index contributed by atoms with van der Waals surface area (Å²) in [6.07, 6.45) is 3.89. The summed E-state index contributed by atoms with van der Waals surface area (Å²) in [6.45, 7) is 12.4. The molecule has 1 amide bonds. The number of carbonyl (C=O) groups excluding carboxylic acids is 1. The van der Waals surface area contributed by atoms with Crippen molar-refractivity contribution in [2.75, 3.05) is 50.7 Å². The number of rotatable bonds is 5. The summed E-state index contributed by atoms with van der Waals surface area (Å²) in [7, 11) is 0. The number of hydrogen-bond acceptors (Lipinski definition) is 6. The average molecular weight is 497 g/mol. The molecule has 188 valence electrons. The highest BCUT2D eigenvalue weighted by Gasteiger charge is 2.34. The largest absolute Gasteiger partial charge is 0.353 e. The summed E-state index contributed by atoms with van der Waals surface area (Å²) < 4.78 is 0. The molecule has 0 radical (unpaired) electrons. The van der Waals surface area contributed by atoms with Gasteiger partial charge in [0.15, 0.2) is 0 Å². The van der Waals surface area contributed by atoms with Gasteiger partial charge in [-0.05, 0) is 50.3 Å². The number of aromatic nitrogens is 2. The molecule has 1 aromatic carbocycles. The van der Waals surface area contributed by atoms with E-state index in [1.165, 1.54) is 11.3 Å². The average Bonchev–Trinajstić information content (AvgIpc) is 3.23. The molecule has 3 heterocycles. The maximum Gasteiger partial charge on any atom is 0.231 e. The van der Waals surface area contributed by atoms with Gasteiger partial charge in [-0.25, -0.2) is 9.97 Å². The van der Waals surface area contributed by atoms with Crippen LogP contribution in [0.25, 0.3) is 0 Å². The van der Waals surface area contributed by atoms with E-state index in [0.717, 1.165) is 56.9 Å². The van der Waals surface area contributed by atoms with E-state index in [2.05, 4.69) is 50.8 Å². The zero-order valence-corrected chi connectivity index (χ0v) is 21.8. The molecule has 4 atom stereocenters. The zero-order valence-electron chi connectivity index (χ0n) is 21.1. The number of amides is 1. The van der Waals surface area contributed by atoms with Crippen LogP contribution in [0.4, 0.5) is 5.82 Å². The highest BCUT2D eigenvalue weighted by molar-refractivity contribution is 6.30. The second-order valence-corrected chi connectivity index (χ2v) is 11.0. The summed E-state index contributed by atoms with van der Waals surface area (Å²) in [5.74, 6) is 1.59. The topological polar surface area (TPSA) is 64.6 Å². The van der Waals surface area contributed by atoms with Crippen molar-refractivity contribution in [3.05, 3.63) is 52.4 Å². The molecule has 0 spiro atoms. The highest BCUT2D eigenvalue weighted by atomic mass is 35.5. The van der Waals surface area contributed by atoms with E-state index in [0.29, 0.717) is 36.1 Å². The lowest BCUT2D eigenvalue weighted by Crippen LogP contribution is -2.56. The lowest BCUT2D eigenvalue weighted by Gasteiger charge is -2.40. The molecule has 2 fully saturated rings. The second kappa shape index (κ2) is 10.4. The molecule has 2 saturated heterocycles. The smallest absolute Gasteiger partial charge is 0.231 e. The van der Waals surface area contributed by atoms with E-state index in [4.69, 9.17) is 11.6 Å². The quantitative estimate of drug-likeness (QED) is 0.685. The molecular formula is C27H37ClN6O. The van der Waals surface area contributed by atoms with Crippen molar-refractivity contribution >= 4 is 23.3 Å². The number of nitrogens with one attached hydrogen (secondary N) is 1. The van der Waals surface area contributed by atoms with Gasteiger partial charge in [0.25, 0.3) is 0 Å². The molecule has 1 aliphatic carbocycles. The Morgan fingerprint density at radius 1 is 1.06 bits per heavy atom. The zero-order chi connectivity index (χ0) is 24.5. The molecule has 0 saturated carbocycles. The molecule has 8 heteroatoms. The maximum atomic E-state index is 13.9. The van der Waals surface area contributed by atoms with Crippen LogP contribution in [0.3, 0.4) is 0 Å². The third kappa shape index (κ3) is 5.32. The molecule has 1 N–H and O–H groups in total. The van der Waals surface area contributed by atoms with Gasteiger partial charge in [0.1, 0.15) is 12.1 Å². The summed E-state index contributed by atoms with van der Waals surface area (Å²) in [5.41, 5.74) is 3.56. The van der Waals surface area contributed by atoms with Gasteiger partial charge in [-0.3, -0.25) is 9.69 Å². The van der Waals surface area contributed by atoms with E-state index in [1.54, 1.807) is 6.33 Å². The van der Waals surface area contributed by atoms with Crippen LogP contribution in [0, 0.1) is 0 Å². The van der Waals surface area contributed by atoms with Crippen molar-refractivity contribution in [2.45, 2.75) is 57.5 Å². The first-order valence-electron chi connectivity index (χ1n) is 13.0. The van der Waals surface area contributed by atoms with E-state index >= 15 is 0 Å². The van der Waals surface area contributed by atoms with Crippen molar-refractivity contribution in [3.8, 4) is 0 Å². The second-order valence-electron chi connectivity index (χ2n) is 10.6. The fourth-order valence-electron chi connectivity index (χ4n) is 6.10. The van der Waals surface area contributed by atoms with Gasteiger partial charge in [-0.1, -0.05) is 30.7 Å². The minimum atomic E-state index is -0.195. The van der Waals surface area contributed by atoms with Crippen LogP contribution in [-0.2, 0) is 11.2 Å². The molecule has 7 nitrogen and oxygen atoms in total. The lowest BCUT2D eigenvalue weighted by molar-refractivity contribution is -0.133. The Hall–Kier alpha value is -2.22. The van der Waals surface area contributed by atoms with Crippen molar-refractivity contribution < 1.29 is 4.79 Å². The third-order valence-corrected chi connectivity index (χ3v) is 8.04. The van der Waals surface area contributed by atoms with Crippen molar-refractivity contribution in [1.82, 2.24) is 25.1 Å². The maximum absolute atomic E-state index is 13.9. The Labute approximate surface area is 213 Å². The molecule has 1 aromatic heterocycles. The fourth-order valence-corrected chi connectivity index (χ4v) is 6.23. The monoisotopic (exact) mass is 496 g/mol. The predicted octanol–water partition coefficient (Wildman–Crippen LogP) is 3.29. The van der Waals surface area contributed by atoms with Crippen molar-refractivity contribution in [3.63, 3.8) is 0 Å². The van der Waals surface area contributed by atoms with Crippen LogP contribution in [0.15, 0.2) is 30.6 Å². The Bertz CT molecular complexity index is 1030. The van der Waals surface area contributed by atoms with Crippen LogP contribution in [-0.4, -0.2) is 83.6 Å². The predicted molar refractivity (Wildman–Crippen MR) is 140 cm³/mol. The van der Waals surface area contributed by atoms with E-state index in [1.807, 2.05) is 24.3 Å². The van der Waals surface area contributed by atoms with Gasteiger partial charge in [-0.15, -0.1) is 0 Å². The Morgan fingerprint density at radius 2 is 1.74 bits per heavy atom. The molecule has 3 aliphatic rings. The van der Waals surface area contributed by atoms with E-state index in [-0.39, 0.29) is 11.8 Å². The molecule has 2 aliphatic heterocycles. The van der Waals surface area contributed by atoms with E-state index < -0.39 is 0 Å². The number of hydrogen-bond donors (Lipinski definition) is 1. The van der Waals surface area contributed by atoms with Crippen LogP contribution < -0.4 is 10.2 Å². The lowest BCUT2D eigenvalue weighted by atomic mass is 9.95. The molecular weight excluding hydrogens is 460 g/mol. The number of carbonyl (C=O) groups is 1. The minimum absolute atomic E-state index is 0.195. The van der Waals surface area contributed by atoms with Gasteiger partial charge >= 0.3 is 0 Å². The standard InChI is InChI=1S/C27H37ClN6O/c1-18-4-9-24-25(18)26(30-17-29-24)33-10-12-34(13-11-33)27(35)23(21-5-7-22(28)8-6-21)16-32-14-19(2)31-20(3)15-32/h5-8,17-20,23,31H,4,9-16H2,1-3H3/t18-,19-,20+,23-/m1/s1. The molecule has 2 aromatic rings.